The zero-order valence-corrected chi connectivity index (χ0v) is 17.9. The molecule has 0 aromatic rings. The summed E-state index contributed by atoms with van der Waals surface area (Å²) in [6, 6.07) is 0. The molecule has 0 saturated carbocycles. The van der Waals surface area contributed by atoms with Gasteiger partial charge in [0.2, 0.25) is 0 Å². The molecule has 0 fully saturated rings. The van der Waals surface area contributed by atoms with Crippen molar-refractivity contribution < 1.29 is 10.2 Å². The number of aliphatic hydroxyl groups excluding tert-OH is 2. The molecule has 0 rings (SSSR count). The average molecular weight is 444 g/mol. The first-order chi connectivity index (χ1) is 10.9. The molecule has 0 atom stereocenters. The van der Waals surface area contributed by atoms with E-state index in [-0.39, 0.29) is 0 Å². The summed E-state index contributed by atoms with van der Waals surface area (Å²) in [6.45, 7) is 0.739. The Morgan fingerprint density at radius 1 is 0.364 bits per heavy atom. The van der Waals surface area contributed by atoms with E-state index in [1.807, 2.05) is 0 Å². The van der Waals surface area contributed by atoms with Gasteiger partial charge in [0.15, 0.2) is 0 Å². The number of rotatable bonds is 19. The molecule has 0 spiro atoms. The van der Waals surface area contributed by atoms with Crippen LogP contribution in [0.2, 0.25) is 10.6 Å². The summed E-state index contributed by atoms with van der Waals surface area (Å²) in [4.78, 5) is 0. The molecule has 0 amide bonds. The number of hydrogen-bond donors (Lipinski definition) is 2. The summed E-state index contributed by atoms with van der Waals surface area (Å²) in [5.74, 6) is 0. The molecule has 4 heteroatoms. The molecule has 134 valence electrons. The van der Waals surface area contributed by atoms with E-state index < -0.39 is 0 Å². The Hall–Kier alpha value is 0.959. The van der Waals surface area contributed by atoms with Crippen molar-refractivity contribution in [3.05, 3.63) is 0 Å². The standard InChI is InChI=1S/C18H38O2Se2/c19-15-11-7-3-1-5-9-13-17-21-22-18-14-10-6-2-4-8-12-16-20/h19-20H,1-18H2. The van der Waals surface area contributed by atoms with Crippen LogP contribution in [0.15, 0.2) is 0 Å². The number of hydrogen-bond acceptors (Lipinski definition) is 2. The first-order valence-corrected chi connectivity index (χ1v) is 16.1. The molecule has 22 heavy (non-hydrogen) atoms. The van der Waals surface area contributed by atoms with E-state index in [4.69, 9.17) is 10.2 Å². The zero-order valence-electron chi connectivity index (χ0n) is 14.4. The van der Waals surface area contributed by atoms with Crippen LogP contribution in [0.1, 0.15) is 89.9 Å². The summed E-state index contributed by atoms with van der Waals surface area (Å²) >= 11 is 1.93. The van der Waals surface area contributed by atoms with Gasteiger partial charge in [-0.15, -0.1) is 0 Å². The molecule has 0 aromatic heterocycles. The fourth-order valence-corrected chi connectivity index (χ4v) is 9.42. The summed E-state index contributed by atoms with van der Waals surface area (Å²) in [7, 11) is 0. The van der Waals surface area contributed by atoms with E-state index in [9.17, 15) is 0 Å². The van der Waals surface area contributed by atoms with Crippen molar-refractivity contribution in [3.63, 3.8) is 0 Å². The van der Waals surface area contributed by atoms with Crippen LogP contribution >= 0.6 is 0 Å². The molecular weight excluding hydrogens is 406 g/mol. The minimum absolute atomic E-state index is 0.369. The third-order valence-corrected chi connectivity index (χ3v) is 11.6. The van der Waals surface area contributed by atoms with Crippen LogP contribution in [0.5, 0.6) is 0 Å². The SMILES string of the molecule is OCCCCCCCCC[Se][Se]CCCCCCCCCO. The van der Waals surface area contributed by atoms with Gasteiger partial charge in [0, 0.05) is 0 Å². The van der Waals surface area contributed by atoms with Gasteiger partial charge in [0.25, 0.3) is 0 Å². The van der Waals surface area contributed by atoms with Crippen LogP contribution in [-0.2, 0) is 0 Å². The molecule has 2 N–H and O–H groups in total. The Labute approximate surface area is 150 Å². The van der Waals surface area contributed by atoms with E-state index in [1.54, 1.807) is 0 Å². The summed E-state index contributed by atoms with van der Waals surface area (Å²) in [6.07, 6.45) is 18.4. The predicted octanol–water partition coefficient (Wildman–Crippen LogP) is 4.59. The van der Waals surface area contributed by atoms with Gasteiger partial charge in [-0.25, -0.2) is 0 Å². The number of aliphatic hydroxyl groups is 2. The van der Waals surface area contributed by atoms with Gasteiger partial charge in [-0.2, -0.15) is 0 Å². The average Bonchev–Trinajstić information content (AvgIpc) is 2.54. The molecule has 0 aliphatic heterocycles. The van der Waals surface area contributed by atoms with Crippen LogP contribution in [0.25, 0.3) is 0 Å². The van der Waals surface area contributed by atoms with E-state index in [0.29, 0.717) is 13.2 Å². The van der Waals surface area contributed by atoms with Crippen LogP contribution in [-0.4, -0.2) is 49.7 Å². The van der Waals surface area contributed by atoms with E-state index in [2.05, 4.69) is 0 Å². The monoisotopic (exact) mass is 446 g/mol. The first kappa shape index (κ1) is 23.0. The van der Waals surface area contributed by atoms with Gasteiger partial charge in [0.1, 0.15) is 0 Å². The molecule has 0 bridgehead atoms. The van der Waals surface area contributed by atoms with Crippen molar-refractivity contribution >= 4 is 26.3 Å². The van der Waals surface area contributed by atoms with Crippen LogP contribution in [0.3, 0.4) is 0 Å². The predicted molar refractivity (Wildman–Crippen MR) is 99.9 cm³/mol. The van der Waals surface area contributed by atoms with Crippen molar-refractivity contribution in [2.75, 3.05) is 13.2 Å². The molecule has 0 aromatic carbocycles. The fourth-order valence-electron chi connectivity index (χ4n) is 2.43. The van der Waals surface area contributed by atoms with Gasteiger partial charge in [-0.05, 0) is 0 Å². The molecule has 2 nitrogen and oxygen atoms in total. The summed E-state index contributed by atoms with van der Waals surface area (Å²) in [5, 5.41) is 20.4. The second kappa shape index (κ2) is 22.0. The third kappa shape index (κ3) is 21.0. The van der Waals surface area contributed by atoms with Gasteiger partial charge in [0.05, 0.1) is 0 Å². The normalized spacial score (nSPS) is 11.2. The van der Waals surface area contributed by atoms with Gasteiger partial charge in [-0.1, -0.05) is 0 Å². The molecular formula is C18H38O2Se2. The van der Waals surface area contributed by atoms with Crippen LogP contribution in [0.4, 0.5) is 0 Å². The van der Waals surface area contributed by atoms with Gasteiger partial charge < -0.3 is 0 Å². The van der Waals surface area contributed by atoms with Crippen molar-refractivity contribution in [1.82, 2.24) is 0 Å². The Morgan fingerprint density at radius 2 is 0.636 bits per heavy atom. The van der Waals surface area contributed by atoms with Crippen molar-refractivity contribution in [3.8, 4) is 0 Å². The number of unbranched alkanes of at least 4 members (excludes halogenated alkanes) is 12. The van der Waals surface area contributed by atoms with Gasteiger partial charge >= 0.3 is 150 Å². The molecule has 0 aliphatic rings. The summed E-state index contributed by atoms with van der Waals surface area (Å²) in [5.41, 5.74) is 0. The van der Waals surface area contributed by atoms with Crippen LogP contribution in [0, 0.1) is 0 Å². The Kier molecular flexibility index (Phi) is 22.9. The van der Waals surface area contributed by atoms with Gasteiger partial charge in [-0.3, -0.25) is 0 Å². The van der Waals surface area contributed by atoms with Crippen molar-refractivity contribution in [2.45, 2.75) is 101 Å². The quantitative estimate of drug-likeness (QED) is 0.226. The maximum atomic E-state index is 8.70. The Morgan fingerprint density at radius 3 is 0.955 bits per heavy atom. The molecule has 0 heterocycles. The van der Waals surface area contributed by atoms with Crippen molar-refractivity contribution in [2.24, 2.45) is 0 Å². The fraction of sp³-hybridized carbons (Fsp3) is 1.00. The Bertz CT molecular complexity index is 172. The van der Waals surface area contributed by atoms with E-state index >= 15 is 0 Å². The first-order valence-electron chi connectivity index (χ1n) is 9.38. The molecule has 0 aliphatic carbocycles. The summed E-state index contributed by atoms with van der Waals surface area (Å²) < 4.78 is 0. The topological polar surface area (TPSA) is 40.5 Å². The minimum atomic E-state index is 0.369. The zero-order chi connectivity index (χ0) is 16.1. The maximum absolute atomic E-state index is 8.70. The second-order valence-corrected chi connectivity index (χ2v) is 13.9. The molecule has 0 radical (unpaired) electrons. The van der Waals surface area contributed by atoms with E-state index in [1.165, 1.54) is 87.7 Å². The third-order valence-electron chi connectivity index (χ3n) is 3.85. The molecule has 0 saturated heterocycles. The second-order valence-electron chi connectivity index (χ2n) is 6.04. The van der Waals surface area contributed by atoms with Crippen LogP contribution < -0.4 is 0 Å². The van der Waals surface area contributed by atoms with Crippen molar-refractivity contribution in [1.29, 1.82) is 0 Å². The Balaban J connectivity index is 2.91. The molecule has 0 unspecified atom stereocenters. The van der Waals surface area contributed by atoms with E-state index in [0.717, 1.165) is 39.1 Å².